The fraction of sp³-hybridized carbons (Fsp3) is 0.222. The highest BCUT2D eigenvalue weighted by Crippen LogP contribution is 2.35. The molecular formula is C18H14F3NO5S. The standard InChI is InChI=1S/C18H14F3NO5S/c1-17(25,18(19,20)21)16(24)22-12-7-4-8-13-14(12)15(23)11-6-3-2-5-10(11)9-28(13,26)27/h2-8,25H,9H2,1H3,(H,22,24). The predicted molar refractivity (Wildman–Crippen MR) is 92.5 cm³/mol. The Morgan fingerprint density at radius 2 is 1.75 bits per heavy atom. The number of aliphatic hydroxyl groups is 1. The Balaban J connectivity index is 2.17. The van der Waals surface area contributed by atoms with Gasteiger partial charge >= 0.3 is 6.18 Å². The lowest BCUT2D eigenvalue weighted by molar-refractivity contribution is -0.242. The Morgan fingerprint density at radius 1 is 1.11 bits per heavy atom. The number of sulfone groups is 1. The zero-order valence-electron chi connectivity index (χ0n) is 14.4. The number of rotatable bonds is 2. The van der Waals surface area contributed by atoms with Crippen LogP contribution in [-0.4, -0.2) is 37.0 Å². The average molecular weight is 413 g/mol. The summed E-state index contributed by atoms with van der Waals surface area (Å²) in [5.41, 5.74) is -4.31. The summed E-state index contributed by atoms with van der Waals surface area (Å²) >= 11 is 0. The third-order valence-corrected chi connectivity index (χ3v) is 6.14. The van der Waals surface area contributed by atoms with Crippen LogP contribution >= 0.6 is 0 Å². The molecule has 0 aromatic heterocycles. The first-order valence-corrected chi connectivity index (χ1v) is 9.60. The lowest BCUT2D eigenvalue weighted by atomic mass is 9.97. The second-order valence-electron chi connectivity index (χ2n) is 6.45. The molecule has 148 valence electrons. The van der Waals surface area contributed by atoms with Crippen molar-refractivity contribution < 1.29 is 36.3 Å². The van der Waals surface area contributed by atoms with Gasteiger partial charge in [-0.1, -0.05) is 30.3 Å². The number of fused-ring (bicyclic) bond motifs is 2. The Bertz CT molecular complexity index is 1090. The first-order valence-electron chi connectivity index (χ1n) is 7.95. The molecule has 1 heterocycles. The van der Waals surface area contributed by atoms with Crippen LogP contribution in [0.15, 0.2) is 47.4 Å². The molecule has 28 heavy (non-hydrogen) atoms. The number of hydrogen-bond donors (Lipinski definition) is 2. The fourth-order valence-corrected chi connectivity index (χ4v) is 4.40. The smallest absolute Gasteiger partial charge is 0.373 e. The van der Waals surface area contributed by atoms with E-state index in [-0.39, 0.29) is 18.1 Å². The fourth-order valence-electron chi connectivity index (χ4n) is 2.79. The van der Waals surface area contributed by atoms with Gasteiger partial charge in [0, 0.05) is 5.56 Å². The highest BCUT2D eigenvalue weighted by molar-refractivity contribution is 7.90. The summed E-state index contributed by atoms with van der Waals surface area (Å²) in [7, 11) is -4.00. The molecule has 2 N–H and O–H groups in total. The molecule has 2 aromatic carbocycles. The maximum Gasteiger partial charge on any atom is 0.426 e. The summed E-state index contributed by atoms with van der Waals surface area (Å²) in [6, 6.07) is 9.37. The number of benzene rings is 2. The zero-order valence-corrected chi connectivity index (χ0v) is 15.2. The minimum atomic E-state index is -5.27. The molecule has 1 aliphatic rings. The van der Waals surface area contributed by atoms with Crippen molar-refractivity contribution in [1.82, 2.24) is 0 Å². The number of halogens is 3. The summed E-state index contributed by atoms with van der Waals surface area (Å²) in [6.45, 7) is 0.262. The Hall–Kier alpha value is -2.72. The third kappa shape index (κ3) is 3.18. The number of nitrogens with one attached hydrogen (secondary N) is 1. The lowest BCUT2D eigenvalue weighted by Crippen LogP contribution is -2.52. The van der Waals surface area contributed by atoms with E-state index < -0.39 is 55.2 Å². The second-order valence-corrected chi connectivity index (χ2v) is 8.41. The molecule has 0 aliphatic carbocycles. The molecule has 1 aliphatic heterocycles. The maximum absolute atomic E-state index is 13.0. The van der Waals surface area contributed by atoms with Crippen LogP contribution in [0.2, 0.25) is 0 Å². The van der Waals surface area contributed by atoms with Gasteiger partial charge in [0.1, 0.15) is 0 Å². The van der Waals surface area contributed by atoms with Crippen LogP contribution in [0, 0.1) is 0 Å². The molecule has 1 amide bonds. The number of ketones is 1. The van der Waals surface area contributed by atoms with E-state index in [1.54, 1.807) is 6.07 Å². The zero-order chi connectivity index (χ0) is 20.9. The van der Waals surface area contributed by atoms with Gasteiger partial charge in [0.2, 0.25) is 5.60 Å². The van der Waals surface area contributed by atoms with Crippen molar-refractivity contribution in [3.05, 3.63) is 59.2 Å². The molecule has 2 aromatic rings. The summed E-state index contributed by atoms with van der Waals surface area (Å²) in [5, 5.41) is 11.4. The first-order chi connectivity index (χ1) is 12.9. The molecule has 0 radical (unpaired) electrons. The quantitative estimate of drug-likeness (QED) is 0.788. The molecule has 0 fully saturated rings. The minimum absolute atomic E-state index is 0.0640. The van der Waals surface area contributed by atoms with Crippen molar-refractivity contribution in [2.45, 2.75) is 29.3 Å². The summed E-state index contributed by atoms with van der Waals surface area (Å²) in [4.78, 5) is 24.6. The van der Waals surface area contributed by atoms with E-state index in [4.69, 9.17) is 0 Å². The van der Waals surface area contributed by atoms with E-state index in [1.807, 2.05) is 5.32 Å². The number of carbonyl (C=O) groups excluding carboxylic acids is 2. The average Bonchev–Trinajstić information content (AvgIpc) is 2.68. The Morgan fingerprint density at radius 3 is 2.39 bits per heavy atom. The van der Waals surface area contributed by atoms with Crippen molar-refractivity contribution in [2.24, 2.45) is 0 Å². The van der Waals surface area contributed by atoms with Crippen LogP contribution in [0.4, 0.5) is 18.9 Å². The van der Waals surface area contributed by atoms with Crippen molar-refractivity contribution >= 4 is 27.2 Å². The monoisotopic (exact) mass is 413 g/mol. The van der Waals surface area contributed by atoms with Crippen LogP contribution in [0.5, 0.6) is 0 Å². The van der Waals surface area contributed by atoms with E-state index in [0.29, 0.717) is 0 Å². The molecule has 0 bridgehead atoms. The van der Waals surface area contributed by atoms with Crippen molar-refractivity contribution in [3.8, 4) is 0 Å². The minimum Gasteiger partial charge on any atom is -0.373 e. The summed E-state index contributed by atoms with van der Waals surface area (Å²) in [5.74, 6) is -3.06. The van der Waals surface area contributed by atoms with Gasteiger partial charge in [-0.25, -0.2) is 8.42 Å². The molecular weight excluding hydrogens is 399 g/mol. The number of amides is 1. The summed E-state index contributed by atoms with van der Waals surface area (Å²) in [6.07, 6.45) is -5.27. The van der Waals surface area contributed by atoms with E-state index in [2.05, 4.69) is 0 Å². The van der Waals surface area contributed by atoms with Gasteiger partial charge in [-0.15, -0.1) is 0 Å². The van der Waals surface area contributed by atoms with Crippen LogP contribution in [0.25, 0.3) is 0 Å². The highest BCUT2D eigenvalue weighted by atomic mass is 32.2. The van der Waals surface area contributed by atoms with Crippen molar-refractivity contribution in [3.63, 3.8) is 0 Å². The van der Waals surface area contributed by atoms with Crippen LogP contribution in [0.1, 0.15) is 28.4 Å². The molecule has 1 unspecified atom stereocenters. The van der Waals surface area contributed by atoms with E-state index in [1.165, 1.54) is 24.3 Å². The van der Waals surface area contributed by atoms with E-state index in [9.17, 15) is 36.3 Å². The lowest BCUT2D eigenvalue weighted by Gasteiger charge is -2.25. The number of anilines is 1. The van der Waals surface area contributed by atoms with Crippen molar-refractivity contribution in [2.75, 3.05) is 5.32 Å². The van der Waals surface area contributed by atoms with Crippen LogP contribution in [-0.2, 0) is 20.4 Å². The van der Waals surface area contributed by atoms with Crippen LogP contribution in [0.3, 0.4) is 0 Å². The molecule has 6 nitrogen and oxygen atoms in total. The maximum atomic E-state index is 13.0. The molecule has 3 rings (SSSR count). The van der Waals surface area contributed by atoms with E-state index in [0.717, 1.165) is 12.1 Å². The SMILES string of the molecule is CC(O)(C(=O)Nc1cccc2c1C(=O)c1ccccc1CS2(=O)=O)C(F)(F)F. The first kappa shape index (κ1) is 20.0. The number of hydrogen-bond acceptors (Lipinski definition) is 5. The van der Waals surface area contributed by atoms with Gasteiger partial charge in [0.25, 0.3) is 5.91 Å². The largest absolute Gasteiger partial charge is 0.426 e. The van der Waals surface area contributed by atoms with Crippen molar-refractivity contribution in [1.29, 1.82) is 0 Å². The topological polar surface area (TPSA) is 101 Å². The van der Waals surface area contributed by atoms with Gasteiger partial charge in [0.05, 0.1) is 21.9 Å². The van der Waals surface area contributed by atoms with Gasteiger partial charge < -0.3 is 10.4 Å². The normalized spacial score (nSPS) is 17.7. The third-order valence-electron chi connectivity index (χ3n) is 4.44. The molecule has 1 atom stereocenters. The summed E-state index contributed by atoms with van der Waals surface area (Å²) < 4.78 is 64.1. The van der Waals surface area contributed by atoms with Gasteiger partial charge in [0.15, 0.2) is 15.6 Å². The second kappa shape index (κ2) is 6.42. The van der Waals surface area contributed by atoms with Crippen LogP contribution < -0.4 is 5.32 Å². The molecule has 0 saturated heterocycles. The van der Waals surface area contributed by atoms with Gasteiger partial charge in [-0.3, -0.25) is 9.59 Å². The molecule has 0 saturated carbocycles. The highest BCUT2D eigenvalue weighted by Gasteiger charge is 2.56. The van der Waals surface area contributed by atoms with Gasteiger partial charge in [-0.2, -0.15) is 13.2 Å². The molecule has 0 spiro atoms. The number of carbonyl (C=O) groups is 2. The molecule has 10 heteroatoms. The predicted octanol–water partition coefficient (Wildman–Crippen LogP) is 2.46. The Labute approximate surface area is 157 Å². The van der Waals surface area contributed by atoms with Gasteiger partial charge in [-0.05, 0) is 24.6 Å². The Kier molecular flexibility index (Phi) is 4.59. The number of alkyl halides is 3. The van der Waals surface area contributed by atoms with E-state index >= 15 is 0 Å².